The fraction of sp³-hybridized carbons (Fsp3) is 0.500. The van der Waals surface area contributed by atoms with Gasteiger partial charge in [0.15, 0.2) is 5.16 Å². The second-order valence-corrected chi connectivity index (χ2v) is 6.85. The number of fused-ring (bicyclic) bond motifs is 1. The first-order chi connectivity index (χ1) is 12.1. The van der Waals surface area contributed by atoms with E-state index in [9.17, 15) is 9.59 Å². The summed E-state index contributed by atoms with van der Waals surface area (Å²) in [6.45, 7) is 4.90. The lowest BCUT2D eigenvalue weighted by Gasteiger charge is -2.14. The Hall–Kier alpha value is -1.86. The molecule has 7 heteroatoms. The summed E-state index contributed by atoms with van der Waals surface area (Å²) in [5.74, 6) is 0.179. The van der Waals surface area contributed by atoms with Crippen LogP contribution in [-0.4, -0.2) is 41.0 Å². The zero-order valence-electron chi connectivity index (χ0n) is 14.9. The zero-order valence-corrected chi connectivity index (χ0v) is 15.8. The molecule has 1 aromatic heterocycles. The Morgan fingerprint density at radius 1 is 1.40 bits per heavy atom. The summed E-state index contributed by atoms with van der Waals surface area (Å²) < 4.78 is 6.68. The van der Waals surface area contributed by atoms with E-state index in [-0.39, 0.29) is 23.3 Å². The molecule has 0 spiro atoms. The summed E-state index contributed by atoms with van der Waals surface area (Å²) in [5.41, 5.74) is 0.535. The molecule has 0 saturated heterocycles. The van der Waals surface area contributed by atoms with E-state index in [0.29, 0.717) is 29.2 Å². The minimum absolute atomic E-state index is 0.0494. The number of ether oxygens (including phenoxy) is 1. The van der Waals surface area contributed by atoms with E-state index in [2.05, 4.69) is 17.2 Å². The van der Waals surface area contributed by atoms with Crippen molar-refractivity contribution in [1.29, 1.82) is 0 Å². The van der Waals surface area contributed by atoms with Gasteiger partial charge in [0, 0.05) is 13.2 Å². The Labute approximate surface area is 152 Å². The Morgan fingerprint density at radius 3 is 2.88 bits per heavy atom. The number of nitrogens with zero attached hydrogens (tertiary/aromatic N) is 2. The SMILES string of the molecule is CCC[C@H](C)NC(=O)CSc1nc2ccccc2c(=O)n1CCOC. The van der Waals surface area contributed by atoms with E-state index in [1.54, 1.807) is 17.7 Å². The van der Waals surface area contributed by atoms with Crippen molar-refractivity contribution in [2.24, 2.45) is 0 Å². The number of aromatic nitrogens is 2. The third-order valence-electron chi connectivity index (χ3n) is 3.81. The van der Waals surface area contributed by atoms with Crippen LogP contribution < -0.4 is 10.9 Å². The second kappa shape index (κ2) is 9.58. The number of hydrogen-bond donors (Lipinski definition) is 1. The minimum atomic E-state index is -0.107. The zero-order chi connectivity index (χ0) is 18.2. The molecule has 1 atom stereocenters. The first-order valence-corrected chi connectivity index (χ1v) is 9.46. The van der Waals surface area contributed by atoms with Gasteiger partial charge in [0.05, 0.1) is 29.8 Å². The molecule has 2 rings (SSSR count). The maximum atomic E-state index is 12.7. The highest BCUT2D eigenvalue weighted by molar-refractivity contribution is 7.99. The van der Waals surface area contributed by atoms with Crippen LogP contribution in [0.2, 0.25) is 0 Å². The monoisotopic (exact) mass is 363 g/mol. The number of carbonyl (C=O) groups is 1. The quantitative estimate of drug-likeness (QED) is 0.547. The molecular formula is C18H25N3O3S. The van der Waals surface area contributed by atoms with Crippen LogP contribution in [0.5, 0.6) is 0 Å². The van der Waals surface area contributed by atoms with Crippen molar-refractivity contribution in [3.05, 3.63) is 34.6 Å². The van der Waals surface area contributed by atoms with E-state index in [0.717, 1.165) is 12.8 Å². The molecule has 0 aliphatic carbocycles. The molecule has 0 aliphatic rings. The average Bonchev–Trinajstić information content (AvgIpc) is 2.59. The maximum absolute atomic E-state index is 12.7. The third-order valence-corrected chi connectivity index (χ3v) is 4.78. The van der Waals surface area contributed by atoms with Gasteiger partial charge in [-0.05, 0) is 25.5 Å². The highest BCUT2D eigenvalue weighted by atomic mass is 32.2. The maximum Gasteiger partial charge on any atom is 0.262 e. The van der Waals surface area contributed by atoms with Crippen LogP contribution in [0.3, 0.4) is 0 Å². The van der Waals surface area contributed by atoms with E-state index < -0.39 is 0 Å². The van der Waals surface area contributed by atoms with Crippen molar-refractivity contribution >= 4 is 28.6 Å². The highest BCUT2D eigenvalue weighted by Gasteiger charge is 2.14. The molecule has 1 N–H and O–H groups in total. The fourth-order valence-corrected chi connectivity index (χ4v) is 3.43. The number of methoxy groups -OCH3 is 1. The number of benzene rings is 1. The molecule has 6 nitrogen and oxygen atoms in total. The van der Waals surface area contributed by atoms with Crippen LogP contribution in [0, 0.1) is 0 Å². The highest BCUT2D eigenvalue weighted by Crippen LogP contribution is 2.17. The van der Waals surface area contributed by atoms with Gasteiger partial charge < -0.3 is 10.1 Å². The largest absolute Gasteiger partial charge is 0.383 e. The molecule has 0 unspecified atom stereocenters. The van der Waals surface area contributed by atoms with Crippen LogP contribution in [0.25, 0.3) is 10.9 Å². The van der Waals surface area contributed by atoms with Gasteiger partial charge in [0.2, 0.25) is 5.91 Å². The Morgan fingerprint density at radius 2 is 2.16 bits per heavy atom. The first kappa shape index (κ1) is 19.5. The fourth-order valence-electron chi connectivity index (χ4n) is 2.59. The summed E-state index contributed by atoms with van der Waals surface area (Å²) in [5, 5.41) is 4.08. The number of amides is 1. The summed E-state index contributed by atoms with van der Waals surface area (Å²) in [6, 6.07) is 7.40. The van der Waals surface area contributed by atoms with Crippen LogP contribution in [0.15, 0.2) is 34.2 Å². The van der Waals surface area contributed by atoms with Gasteiger partial charge in [-0.3, -0.25) is 14.2 Å². The third kappa shape index (κ3) is 5.31. The van der Waals surface area contributed by atoms with Gasteiger partial charge in [-0.25, -0.2) is 4.98 Å². The van der Waals surface area contributed by atoms with Crippen molar-refractivity contribution in [2.45, 2.75) is 44.4 Å². The molecule has 2 aromatic rings. The molecule has 0 bridgehead atoms. The summed E-state index contributed by atoms with van der Waals surface area (Å²) in [6.07, 6.45) is 1.97. The average molecular weight is 363 g/mol. The Bertz CT molecular complexity index is 776. The summed E-state index contributed by atoms with van der Waals surface area (Å²) >= 11 is 1.28. The number of thioether (sulfide) groups is 1. The molecule has 1 amide bonds. The normalized spacial score (nSPS) is 12.3. The smallest absolute Gasteiger partial charge is 0.262 e. The van der Waals surface area contributed by atoms with Crippen molar-refractivity contribution in [3.63, 3.8) is 0 Å². The molecule has 0 aliphatic heterocycles. The number of para-hydroxylation sites is 1. The second-order valence-electron chi connectivity index (χ2n) is 5.91. The summed E-state index contributed by atoms with van der Waals surface area (Å²) in [7, 11) is 1.59. The molecule has 0 saturated carbocycles. The Balaban J connectivity index is 2.20. The van der Waals surface area contributed by atoms with Crippen LogP contribution >= 0.6 is 11.8 Å². The number of hydrogen-bond acceptors (Lipinski definition) is 5. The Kier molecular flexibility index (Phi) is 7.46. The van der Waals surface area contributed by atoms with Crippen LogP contribution in [-0.2, 0) is 16.1 Å². The number of carbonyl (C=O) groups excluding carboxylic acids is 1. The number of rotatable bonds is 9. The van der Waals surface area contributed by atoms with Crippen molar-refractivity contribution < 1.29 is 9.53 Å². The minimum Gasteiger partial charge on any atom is -0.383 e. The van der Waals surface area contributed by atoms with Gasteiger partial charge in [-0.15, -0.1) is 0 Å². The van der Waals surface area contributed by atoms with Crippen molar-refractivity contribution in [2.75, 3.05) is 19.5 Å². The van der Waals surface area contributed by atoms with Gasteiger partial charge in [-0.2, -0.15) is 0 Å². The molecule has 136 valence electrons. The molecule has 0 fully saturated rings. The first-order valence-electron chi connectivity index (χ1n) is 8.47. The predicted molar refractivity (Wildman–Crippen MR) is 101 cm³/mol. The molecule has 0 radical (unpaired) electrons. The molecule has 1 heterocycles. The van der Waals surface area contributed by atoms with Crippen LogP contribution in [0.4, 0.5) is 0 Å². The van der Waals surface area contributed by atoms with Gasteiger partial charge >= 0.3 is 0 Å². The van der Waals surface area contributed by atoms with Crippen molar-refractivity contribution in [1.82, 2.24) is 14.9 Å². The van der Waals surface area contributed by atoms with E-state index in [1.165, 1.54) is 11.8 Å². The van der Waals surface area contributed by atoms with E-state index in [4.69, 9.17) is 4.74 Å². The standard InChI is InChI=1S/C18H25N3O3S/c1-4-7-13(2)19-16(22)12-25-18-20-15-9-6-5-8-14(15)17(23)21(18)10-11-24-3/h5-6,8-9,13H,4,7,10-12H2,1-3H3,(H,19,22)/t13-/m0/s1. The van der Waals surface area contributed by atoms with Gasteiger partial charge in [-0.1, -0.05) is 37.2 Å². The van der Waals surface area contributed by atoms with Crippen LogP contribution in [0.1, 0.15) is 26.7 Å². The summed E-state index contributed by atoms with van der Waals surface area (Å²) in [4.78, 5) is 29.4. The molecule has 25 heavy (non-hydrogen) atoms. The lowest BCUT2D eigenvalue weighted by molar-refractivity contribution is -0.119. The van der Waals surface area contributed by atoms with E-state index >= 15 is 0 Å². The molecule has 1 aromatic carbocycles. The molecular weight excluding hydrogens is 338 g/mol. The van der Waals surface area contributed by atoms with Gasteiger partial charge in [0.1, 0.15) is 0 Å². The lowest BCUT2D eigenvalue weighted by Crippen LogP contribution is -2.34. The topological polar surface area (TPSA) is 73.2 Å². The predicted octanol–water partition coefficient (Wildman–Crippen LogP) is 2.44. The van der Waals surface area contributed by atoms with Gasteiger partial charge in [0.25, 0.3) is 5.56 Å². The van der Waals surface area contributed by atoms with Crippen molar-refractivity contribution in [3.8, 4) is 0 Å². The number of nitrogens with one attached hydrogen (secondary N) is 1. The lowest BCUT2D eigenvalue weighted by atomic mass is 10.2. The van der Waals surface area contributed by atoms with E-state index in [1.807, 2.05) is 25.1 Å².